The Kier molecular flexibility index (Phi) is 4.84. The van der Waals surface area contributed by atoms with E-state index in [-0.39, 0.29) is 3.83 Å². The molecule has 0 radical (unpaired) electrons. The van der Waals surface area contributed by atoms with Crippen LogP contribution in [0, 0.1) is 0 Å². The van der Waals surface area contributed by atoms with Crippen LogP contribution in [-0.2, 0) is 0 Å². The zero-order valence-corrected chi connectivity index (χ0v) is 13.1. The summed E-state index contributed by atoms with van der Waals surface area (Å²) in [6.07, 6.45) is 0. The van der Waals surface area contributed by atoms with Crippen molar-refractivity contribution < 1.29 is 14.3 Å². The Morgan fingerprint density at radius 1 is 0.842 bits per heavy atom. The Morgan fingerprint density at radius 3 is 1.79 bits per heavy atom. The molecule has 0 aromatic heterocycles. The van der Waals surface area contributed by atoms with E-state index in [0.29, 0.717) is 0 Å². The SMILES string of the molecule is COc1ccc([Te]C(=O)c2ccc(OC)cc2)cc1. The summed E-state index contributed by atoms with van der Waals surface area (Å²) in [6, 6.07) is 15.0. The third kappa shape index (κ3) is 3.73. The molecule has 2 rings (SSSR count). The van der Waals surface area contributed by atoms with Gasteiger partial charge in [0.2, 0.25) is 0 Å². The zero-order valence-electron chi connectivity index (χ0n) is 10.8. The quantitative estimate of drug-likeness (QED) is 0.755. The van der Waals surface area contributed by atoms with Crippen LogP contribution >= 0.6 is 0 Å². The molecule has 0 fully saturated rings. The van der Waals surface area contributed by atoms with Gasteiger partial charge in [-0.1, -0.05) is 0 Å². The van der Waals surface area contributed by atoms with E-state index in [2.05, 4.69) is 0 Å². The number of carbonyl (C=O) groups excluding carboxylic acids is 1. The second-order valence-electron chi connectivity index (χ2n) is 3.79. The van der Waals surface area contributed by atoms with Gasteiger partial charge in [0, 0.05) is 0 Å². The Morgan fingerprint density at radius 2 is 1.32 bits per heavy atom. The monoisotopic (exact) mass is 372 g/mol. The minimum absolute atomic E-state index is 0.221. The Hall–Kier alpha value is -1.50. The van der Waals surface area contributed by atoms with Gasteiger partial charge in [0.25, 0.3) is 0 Å². The summed E-state index contributed by atoms with van der Waals surface area (Å²) in [5.41, 5.74) is 0.749. The van der Waals surface area contributed by atoms with Gasteiger partial charge >= 0.3 is 122 Å². The van der Waals surface area contributed by atoms with Crippen LogP contribution in [0.15, 0.2) is 48.5 Å². The Labute approximate surface area is 122 Å². The van der Waals surface area contributed by atoms with E-state index in [1.807, 2.05) is 48.5 Å². The predicted molar refractivity (Wildman–Crippen MR) is 75.7 cm³/mol. The molecule has 0 saturated carbocycles. The molecule has 0 heterocycles. The van der Waals surface area contributed by atoms with E-state index < -0.39 is 20.9 Å². The summed E-state index contributed by atoms with van der Waals surface area (Å²) in [7, 11) is 3.25. The molecular formula is C15H14O3Te. The Balaban J connectivity index is 2.06. The van der Waals surface area contributed by atoms with Crippen molar-refractivity contribution >= 4 is 28.4 Å². The van der Waals surface area contributed by atoms with Gasteiger partial charge in [0.1, 0.15) is 0 Å². The molecule has 0 spiro atoms. The first-order chi connectivity index (χ1) is 9.22. The number of ether oxygens (including phenoxy) is 2. The maximum absolute atomic E-state index is 12.2. The van der Waals surface area contributed by atoms with E-state index >= 15 is 0 Å². The van der Waals surface area contributed by atoms with E-state index in [4.69, 9.17) is 9.47 Å². The second-order valence-corrected chi connectivity index (χ2v) is 6.78. The summed E-state index contributed by atoms with van der Waals surface area (Å²) in [5, 5.41) is 0. The number of rotatable bonds is 5. The number of hydrogen-bond acceptors (Lipinski definition) is 3. The zero-order chi connectivity index (χ0) is 13.7. The van der Waals surface area contributed by atoms with Crippen LogP contribution in [0.3, 0.4) is 0 Å². The average molecular weight is 370 g/mol. The van der Waals surface area contributed by atoms with Gasteiger partial charge in [-0.05, 0) is 0 Å². The van der Waals surface area contributed by atoms with Crippen LogP contribution < -0.4 is 13.1 Å². The molecule has 2 aromatic carbocycles. The third-order valence-electron chi connectivity index (χ3n) is 2.60. The second kappa shape index (κ2) is 6.60. The van der Waals surface area contributed by atoms with Crippen LogP contribution in [0.4, 0.5) is 0 Å². The van der Waals surface area contributed by atoms with Gasteiger partial charge < -0.3 is 0 Å². The number of methoxy groups -OCH3 is 2. The summed E-state index contributed by atoms with van der Waals surface area (Å²) in [6.45, 7) is 0. The van der Waals surface area contributed by atoms with Crippen molar-refractivity contribution in [2.45, 2.75) is 0 Å². The van der Waals surface area contributed by atoms with E-state index in [1.54, 1.807) is 14.2 Å². The van der Waals surface area contributed by atoms with Gasteiger partial charge in [0.15, 0.2) is 0 Å². The molecule has 0 atom stereocenters. The molecule has 98 valence electrons. The number of hydrogen-bond donors (Lipinski definition) is 0. The van der Waals surface area contributed by atoms with Crippen LogP contribution in [-0.4, -0.2) is 39.0 Å². The molecular weight excluding hydrogens is 356 g/mol. The molecule has 0 aliphatic rings. The van der Waals surface area contributed by atoms with Crippen molar-refractivity contribution in [1.82, 2.24) is 0 Å². The van der Waals surface area contributed by atoms with Crippen LogP contribution in [0.1, 0.15) is 10.4 Å². The van der Waals surface area contributed by atoms with Gasteiger partial charge in [-0.2, -0.15) is 0 Å². The fourth-order valence-corrected chi connectivity index (χ4v) is 3.65. The molecule has 0 amide bonds. The molecule has 0 N–H and O–H groups in total. The molecule has 0 aliphatic heterocycles. The topological polar surface area (TPSA) is 35.5 Å². The number of benzene rings is 2. The fourth-order valence-electron chi connectivity index (χ4n) is 1.54. The fraction of sp³-hybridized carbons (Fsp3) is 0.133. The van der Waals surface area contributed by atoms with Gasteiger partial charge in [-0.3, -0.25) is 0 Å². The minimum atomic E-state index is -0.877. The molecule has 0 bridgehead atoms. The van der Waals surface area contributed by atoms with Crippen molar-refractivity contribution in [2.75, 3.05) is 14.2 Å². The summed E-state index contributed by atoms with van der Waals surface area (Å²) >= 11 is -0.877. The predicted octanol–water partition coefficient (Wildman–Crippen LogP) is 1.87. The summed E-state index contributed by atoms with van der Waals surface area (Å²) < 4.78 is 11.5. The summed E-state index contributed by atoms with van der Waals surface area (Å²) in [4.78, 5) is 12.2. The van der Waals surface area contributed by atoms with Crippen molar-refractivity contribution in [2.24, 2.45) is 0 Å². The first-order valence-corrected chi connectivity index (χ1v) is 8.06. The summed E-state index contributed by atoms with van der Waals surface area (Å²) in [5.74, 6) is 1.58. The van der Waals surface area contributed by atoms with Crippen LogP contribution in [0.25, 0.3) is 0 Å². The Bertz CT molecular complexity index is 547. The molecule has 0 saturated heterocycles. The molecule has 0 aliphatic carbocycles. The molecule has 3 nitrogen and oxygen atoms in total. The first kappa shape index (κ1) is 13.9. The number of carbonyl (C=O) groups is 1. The molecule has 2 aromatic rings. The van der Waals surface area contributed by atoms with Gasteiger partial charge in [-0.15, -0.1) is 0 Å². The molecule has 19 heavy (non-hydrogen) atoms. The van der Waals surface area contributed by atoms with Crippen LogP contribution in [0.5, 0.6) is 11.5 Å². The van der Waals surface area contributed by atoms with E-state index in [1.165, 1.54) is 0 Å². The van der Waals surface area contributed by atoms with Crippen molar-refractivity contribution in [3.63, 3.8) is 0 Å². The normalized spacial score (nSPS) is 10.0. The van der Waals surface area contributed by atoms with Crippen molar-refractivity contribution in [3.8, 4) is 11.5 Å². The van der Waals surface area contributed by atoms with Crippen molar-refractivity contribution in [1.29, 1.82) is 0 Å². The van der Waals surface area contributed by atoms with Crippen LogP contribution in [0.2, 0.25) is 0 Å². The third-order valence-corrected chi connectivity index (χ3v) is 5.25. The van der Waals surface area contributed by atoms with E-state index in [0.717, 1.165) is 20.7 Å². The average Bonchev–Trinajstić information content (AvgIpc) is 2.48. The van der Waals surface area contributed by atoms with Gasteiger partial charge in [-0.25, -0.2) is 0 Å². The maximum atomic E-state index is 12.2. The van der Waals surface area contributed by atoms with E-state index in [9.17, 15) is 4.79 Å². The molecule has 4 heteroatoms. The van der Waals surface area contributed by atoms with Crippen molar-refractivity contribution in [3.05, 3.63) is 54.1 Å². The first-order valence-electron chi connectivity index (χ1n) is 5.73. The van der Waals surface area contributed by atoms with Gasteiger partial charge in [0.05, 0.1) is 0 Å². The standard InChI is InChI=1S/C15H14O3Te/c1-17-12-5-3-11(4-6-12)15(16)19-14-9-7-13(18-2)8-10-14/h3-10H,1-2H3. The molecule has 0 unspecified atom stereocenters.